The fourth-order valence-electron chi connectivity index (χ4n) is 1.87. The van der Waals surface area contributed by atoms with Crippen LogP contribution in [0, 0.1) is 34.2 Å². The molecule has 0 atom stereocenters. The van der Waals surface area contributed by atoms with Crippen LogP contribution in [0.2, 0.25) is 0 Å². The zero-order chi connectivity index (χ0) is 17.2. The molecule has 0 saturated heterocycles. The Morgan fingerprint density at radius 2 is 1.96 bits per heavy atom. The molecule has 2 aromatic carbocycles. The Hall–Kier alpha value is -2.99. The fraction of sp³-hybridized carbons (Fsp3) is 0.0714. The van der Waals surface area contributed by atoms with Crippen LogP contribution in [0.4, 0.5) is 10.1 Å². The van der Waals surface area contributed by atoms with Crippen molar-refractivity contribution in [1.82, 2.24) is 0 Å². The lowest BCUT2D eigenvalue weighted by Crippen LogP contribution is -2.12. The first-order chi connectivity index (χ1) is 10.7. The van der Waals surface area contributed by atoms with Crippen molar-refractivity contribution < 1.29 is 21.9 Å². The van der Waals surface area contributed by atoms with Crippen LogP contribution in [0.25, 0.3) is 0 Å². The summed E-state index contributed by atoms with van der Waals surface area (Å²) in [4.78, 5) is 9.73. The van der Waals surface area contributed by atoms with Gasteiger partial charge in [-0.3, -0.25) is 10.1 Å². The molecule has 0 heterocycles. The molecular formula is C14H9FN2O5S. The third-order valence-corrected chi connectivity index (χ3v) is 4.29. The van der Waals surface area contributed by atoms with E-state index < -0.39 is 32.3 Å². The zero-order valence-electron chi connectivity index (χ0n) is 11.7. The van der Waals surface area contributed by atoms with E-state index >= 15 is 0 Å². The number of hydrogen-bond acceptors (Lipinski definition) is 6. The van der Waals surface area contributed by atoms with Crippen LogP contribution < -0.4 is 4.18 Å². The summed E-state index contributed by atoms with van der Waals surface area (Å²) in [7, 11) is -4.42. The van der Waals surface area contributed by atoms with Crippen LogP contribution in [0.15, 0.2) is 41.3 Å². The molecule has 0 bridgehead atoms. The molecule has 7 nitrogen and oxygen atoms in total. The number of hydrogen-bond donors (Lipinski definition) is 0. The first kappa shape index (κ1) is 16.4. The number of benzene rings is 2. The van der Waals surface area contributed by atoms with Gasteiger partial charge in [-0.25, -0.2) is 4.39 Å². The molecule has 0 aromatic heterocycles. The second-order valence-electron chi connectivity index (χ2n) is 4.50. The molecule has 2 aromatic rings. The van der Waals surface area contributed by atoms with Gasteiger partial charge in [0.1, 0.15) is 10.7 Å². The smallest absolute Gasteiger partial charge is 0.339 e. The van der Waals surface area contributed by atoms with Crippen LogP contribution >= 0.6 is 0 Å². The number of nitriles is 1. The quantitative estimate of drug-likeness (QED) is 0.482. The van der Waals surface area contributed by atoms with Crippen molar-refractivity contribution in [3.8, 4) is 11.8 Å². The number of nitrogens with zero attached hydrogens (tertiary/aromatic N) is 2. The maximum Gasteiger partial charge on any atom is 0.339 e. The molecule has 0 aliphatic heterocycles. The SMILES string of the molecule is Cc1cc(C#N)ccc1S(=O)(=O)Oc1cc(F)ccc1[N+](=O)[O-]. The number of halogens is 1. The largest absolute Gasteiger partial charge is 0.371 e. The van der Waals surface area contributed by atoms with Gasteiger partial charge in [0, 0.05) is 12.1 Å². The van der Waals surface area contributed by atoms with E-state index in [9.17, 15) is 22.9 Å². The minimum atomic E-state index is -4.42. The lowest BCUT2D eigenvalue weighted by molar-refractivity contribution is -0.385. The molecule has 0 saturated carbocycles. The van der Waals surface area contributed by atoms with Gasteiger partial charge in [-0.15, -0.1) is 0 Å². The van der Waals surface area contributed by atoms with E-state index in [2.05, 4.69) is 0 Å². The van der Waals surface area contributed by atoms with Crippen LogP contribution in [0.5, 0.6) is 5.75 Å². The third kappa shape index (κ3) is 3.44. The number of nitro benzene ring substituents is 1. The normalized spacial score (nSPS) is 10.8. The number of rotatable bonds is 4. The monoisotopic (exact) mass is 336 g/mol. The van der Waals surface area contributed by atoms with Gasteiger partial charge in [-0.1, -0.05) is 0 Å². The lowest BCUT2D eigenvalue weighted by Gasteiger charge is -2.09. The van der Waals surface area contributed by atoms with Crippen molar-refractivity contribution in [2.45, 2.75) is 11.8 Å². The van der Waals surface area contributed by atoms with E-state index in [1.165, 1.54) is 19.1 Å². The fourth-order valence-corrected chi connectivity index (χ4v) is 3.02. The number of nitro groups is 1. The Bertz CT molecular complexity index is 935. The molecule has 0 unspecified atom stereocenters. The van der Waals surface area contributed by atoms with E-state index in [1.807, 2.05) is 6.07 Å². The summed E-state index contributed by atoms with van der Waals surface area (Å²) in [6, 6.07) is 7.85. The molecule has 0 N–H and O–H groups in total. The van der Waals surface area contributed by atoms with E-state index in [1.54, 1.807) is 0 Å². The minimum Gasteiger partial charge on any atom is -0.371 e. The van der Waals surface area contributed by atoms with Gasteiger partial charge in [0.25, 0.3) is 0 Å². The van der Waals surface area contributed by atoms with Gasteiger partial charge < -0.3 is 4.18 Å². The van der Waals surface area contributed by atoms with Gasteiger partial charge in [0.2, 0.25) is 5.75 Å². The molecule has 0 radical (unpaired) electrons. The number of aryl methyl sites for hydroxylation is 1. The van der Waals surface area contributed by atoms with Crippen molar-refractivity contribution in [3.05, 3.63) is 63.5 Å². The predicted octanol–water partition coefficient (Wildman–Crippen LogP) is 2.68. The van der Waals surface area contributed by atoms with Crippen LogP contribution in [0.1, 0.15) is 11.1 Å². The van der Waals surface area contributed by atoms with E-state index in [0.717, 1.165) is 18.2 Å². The van der Waals surface area contributed by atoms with Gasteiger partial charge in [0.15, 0.2) is 0 Å². The summed E-state index contributed by atoms with van der Waals surface area (Å²) in [5.41, 5.74) is -0.206. The van der Waals surface area contributed by atoms with Gasteiger partial charge >= 0.3 is 15.8 Å². The third-order valence-electron chi connectivity index (χ3n) is 2.89. The van der Waals surface area contributed by atoms with Crippen molar-refractivity contribution in [1.29, 1.82) is 5.26 Å². The molecule has 0 amide bonds. The standard InChI is InChI=1S/C14H9FN2O5S/c1-9-6-10(8-16)2-5-14(9)23(20,21)22-13-7-11(15)3-4-12(13)17(18)19/h2-7H,1H3. The molecule has 2 rings (SSSR count). The van der Waals surface area contributed by atoms with E-state index in [0.29, 0.717) is 6.07 Å². The highest BCUT2D eigenvalue weighted by molar-refractivity contribution is 7.87. The van der Waals surface area contributed by atoms with Crippen LogP contribution in [-0.2, 0) is 10.1 Å². The lowest BCUT2D eigenvalue weighted by atomic mass is 10.2. The van der Waals surface area contributed by atoms with Crippen LogP contribution in [0.3, 0.4) is 0 Å². The molecule has 23 heavy (non-hydrogen) atoms. The van der Waals surface area contributed by atoms with E-state index in [4.69, 9.17) is 9.44 Å². The Labute approximate surface area is 130 Å². The first-order valence-electron chi connectivity index (χ1n) is 6.14. The highest BCUT2D eigenvalue weighted by atomic mass is 32.2. The second kappa shape index (κ2) is 6.02. The summed E-state index contributed by atoms with van der Waals surface area (Å²) in [6.45, 7) is 1.44. The Balaban J connectivity index is 2.49. The molecule has 0 aliphatic carbocycles. The summed E-state index contributed by atoms with van der Waals surface area (Å²) in [6.07, 6.45) is 0. The van der Waals surface area contributed by atoms with Crippen molar-refractivity contribution >= 4 is 15.8 Å². The van der Waals surface area contributed by atoms with Gasteiger partial charge in [-0.05, 0) is 36.8 Å². The topological polar surface area (TPSA) is 110 Å². The molecule has 118 valence electrons. The molecule has 0 aliphatic rings. The van der Waals surface area contributed by atoms with Gasteiger partial charge in [0.05, 0.1) is 16.6 Å². The maximum absolute atomic E-state index is 13.2. The Morgan fingerprint density at radius 3 is 2.52 bits per heavy atom. The van der Waals surface area contributed by atoms with Crippen molar-refractivity contribution in [3.63, 3.8) is 0 Å². The minimum absolute atomic E-state index is 0.225. The average Bonchev–Trinajstić information content (AvgIpc) is 2.45. The van der Waals surface area contributed by atoms with Crippen LogP contribution in [-0.4, -0.2) is 13.3 Å². The average molecular weight is 336 g/mol. The molecule has 0 spiro atoms. The summed E-state index contributed by atoms with van der Waals surface area (Å²) in [5.74, 6) is -1.60. The summed E-state index contributed by atoms with van der Waals surface area (Å²) in [5, 5.41) is 19.6. The zero-order valence-corrected chi connectivity index (χ0v) is 12.5. The summed E-state index contributed by atoms with van der Waals surface area (Å²) >= 11 is 0. The van der Waals surface area contributed by atoms with Crippen molar-refractivity contribution in [2.75, 3.05) is 0 Å². The molecule has 0 fully saturated rings. The molecular weight excluding hydrogens is 327 g/mol. The maximum atomic E-state index is 13.2. The summed E-state index contributed by atoms with van der Waals surface area (Å²) < 4.78 is 42.5. The predicted molar refractivity (Wildman–Crippen MR) is 76.8 cm³/mol. The van der Waals surface area contributed by atoms with Gasteiger partial charge in [-0.2, -0.15) is 13.7 Å². The van der Waals surface area contributed by atoms with Crippen molar-refractivity contribution in [2.24, 2.45) is 0 Å². The Kier molecular flexibility index (Phi) is 4.29. The highest BCUT2D eigenvalue weighted by Crippen LogP contribution is 2.31. The Morgan fingerprint density at radius 1 is 1.26 bits per heavy atom. The van der Waals surface area contributed by atoms with E-state index in [-0.39, 0.29) is 16.0 Å². The second-order valence-corrected chi connectivity index (χ2v) is 6.01. The molecule has 9 heteroatoms. The first-order valence-corrected chi connectivity index (χ1v) is 7.54. The highest BCUT2D eigenvalue weighted by Gasteiger charge is 2.25.